The van der Waals surface area contributed by atoms with Crippen molar-refractivity contribution in [1.29, 1.82) is 0 Å². The lowest BCUT2D eigenvalue weighted by atomic mass is 10.1. The molecule has 0 aliphatic heterocycles. The molecular weight excluding hydrogens is 408 g/mol. The van der Waals surface area contributed by atoms with Crippen LogP contribution in [0.25, 0.3) is 11.6 Å². The van der Waals surface area contributed by atoms with Gasteiger partial charge >= 0.3 is 0 Å². The topological polar surface area (TPSA) is 73.0 Å². The fourth-order valence-electron chi connectivity index (χ4n) is 3.57. The van der Waals surface area contributed by atoms with Crippen LogP contribution < -0.4 is 5.32 Å². The Bertz CT molecular complexity index is 1160. The van der Waals surface area contributed by atoms with Crippen LogP contribution in [0.2, 0.25) is 0 Å². The van der Waals surface area contributed by atoms with E-state index in [0.717, 1.165) is 22.4 Å². The lowest BCUT2D eigenvalue weighted by molar-refractivity contribution is -0.113. The molecule has 0 saturated carbocycles. The second-order valence-electron chi connectivity index (χ2n) is 7.47. The van der Waals surface area contributed by atoms with Crippen LogP contribution in [0.5, 0.6) is 0 Å². The van der Waals surface area contributed by atoms with Crippen LogP contribution in [0.1, 0.15) is 22.3 Å². The number of hydrogen-bond donors (Lipinski definition) is 1. The van der Waals surface area contributed by atoms with Crippen molar-refractivity contribution in [1.82, 2.24) is 14.8 Å². The highest BCUT2D eigenvalue weighted by atomic mass is 32.2. The number of nitrogens with one attached hydrogen (secondary N) is 1. The molecule has 0 radical (unpaired) electrons. The van der Waals surface area contributed by atoms with Gasteiger partial charge in [-0.05, 0) is 49.6 Å². The van der Waals surface area contributed by atoms with Crippen LogP contribution in [-0.2, 0) is 11.3 Å². The van der Waals surface area contributed by atoms with Gasteiger partial charge in [-0.3, -0.25) is 9.36 Å². The zero-order valence-electron chi connectivity index (χ0n) is 17.8. The molecular formula is C24H24N4O2S. The Hall–Kier alpha value is -3.32. The van der Waals surface area contributed by atoms with Gasteiger partial charge in [-0.2, -0.15) is 0 Å². The van der Waals surface area contributed by atoms with E-state index in [2.05, 4.69) is 46.7 Å². The molecule has 0 bridgehead atoms. The number of aromatic nitrogens is 3. The summed E-state index contributed by atoms with van der Waals surface area (Å²) in [5.74, 6) is 1.44. The Balaban J connectivity index is 1.52. The number of rotatable bonds is 7. The van der Waals surface area contributed by atoms with Gasteiger partial charge in [-0.25, -0.2) is 0 Å². The molecule has 0 fully saturated rings. The summed E-state index contributed by atoms with van der Waals surface area (Å²) in [6.45, 7) is 6.66. The number of benzene rings is 2. The van der Waals surface area contributed by atoms with E-state index in [4.69, 9.17) is 4.42 Å². The number of hydrogen-bond acceptors (Lipinski definition) is 5. The van der Waals surface area contributed by atoms with E-state index < -0.39 is 0 Å². The number of amides is 1. The van der Waals surface area contributed by atoms with Gasteiger partial charge < -0.3 is 9.73 Å². The highest BCUT2D eigenvalue weighted by molar-refractivity contribution is 7.99. The largest absolute Gasteiger partial charge is 0.461 e. The molecule has 1 N–H and O–H groups in total. The van der Waals surface area contributed by atoms with Gasteiger partial charge in [0.05, 0.1) is 18.6 Å². The smallest absolute Gasteiger partial charge is 0.234 e. The first-order chi connectivity index (χ1) is 15.0. The van der Waals surface area contributed by atoms with E-state index >= 15 is 0 Å². The van der Waals surface area contributed by atoms with E-state index in [1.807, 2.05) is 48.7 Å². The van der Waals surface area contributed by atoms with Crippen LogP contribution in [-0.4, -0.2) is 26.4 Å². The SMILES string of the molecule is Cc1cc(C)c(NC(=O)CSc2nnc(-c3ccco3)n2Cc2ccccc2)c(C)c1. The number of furan rings is 1. The molecule has 0 atom stereocenters. The van der Waals surface area contributed by atoms with Crippen molar-refractivity contribution in [3.63, 3.8) is 0 Å². The number of nitrogens with zero attached hydrogens (tertiary/aromatic N) is 3. The summed E-state index contributed by atoms with van der Waals surface area (Å²) in [5.41, 5.74) is 5.29. The van der Waals surface area contributed by atoms with Gasteiger partial charge in [-0.1, -0.05) is 59.8 Å². The molecule has 7 heteroatoms. The maximum absolute atomic E-state index is 12.7. The van der Waals surface area contributed by atoms with Crippen LogP contribution in [0.15, 0.2) is 70.4 Å². The lowest BCUT2D eigenvalue weighted by Crippen LogP contribution is -2.16. The van der Waals surface area contributed by atoms with Gasteiger partial charge in [0.2, 0.25) is 11.7 Å². The maximum Gasteiger partial charge on any atom is 0.234 e. The summed E-state index contributed by atoms with van der Waals surface area (Å²) in [4.78, 5) is 12.7. The normalized spacial score (nSPS) is 10.9. The Kier molecular flexibility index (Phi) is 6.23. The molecule has 0 spiro atoms. The predicted octanol–water partition coefficient (Wildman–Crippen LogP) is 5.24. The van der Waals surface area contributed by atoms with E-state index in [1.54, 1.807) is 6.26 Å². The molecule has 2 heterocycles. The van der Waals surface area contributed by atoms with Crippen molar-refractivity contribution in [2.75, 3.05) is 11.1 Å². The first-order valence-corrected chi connectivity index (χ1v) is 11.0. The van der Waals surface area contributed by atoms with Gasteiger partial charge in [0, 0.05) is 5.69 Å². The summed E-state index contributed by atoms with van der Waals surface area (Å²) < 4.78 is 7.52. The summed E-state index contributed by atoms with van der Waals surface area (Å²) in [6, 6.07) is 17.9. The van der Waals surface area contributed by atoms with E-state index in [0.29, 0.717) is 23.3 Å². The quantitative estimate of drug-likeness (QED) is 0.404. The maximum atomic E-state index is 12.7. The Morgan fingerprint density at radius 3 is 2.45 bits per heavy atom. The van der Waals surface area contributed by atoms with Crippen LogP contribution in [0, 0.1) is 20.8 Å². The molecule has 2 aromatic heterocycles. The molecule has 4 aromatic rings. The third-order valence-electron chi connectivity index (χ3n) is 4.92. The van der Waals surface area contributed by atoms with E-state index in [1.165, 1.54) is 17.3 Å². The lowest BCUT2D eigenvalue weighted by Gasteiger charge is -2.13. The van der Waals surface area contributed by atoms with Crippen LogP contribution in [0.4, 0.5) is 5.69 Å². The average molecular weight is 433 g/mol. The standard InChI is InChI=1S/C24H24N4O2S/c1-16-12-17(2)22(18(3)13-16)25-21(29)15-31-24-27-26-23(20-10-7-11-30-20)28(24)14-19-8-5-4-6-9-19/h4-13H,14-15H2,1-3H3,(H,25,29). The van der Waals surface area contributed by atoms with Gasteiger partial charge in [0.1, 0.15) is 0 Å². The molecule has 0 saturated heterocycles. The zero-order chi connectivity index (χ0) is 21.8. The highest BCUT2D eigenvalue weighted by Crippen LogP contribution is 2.26. The number of thioether (sulfide) groups is 1. The van der Waals surface area contributed by atoms with Gasteiger partial charge in [0.25, 0.3) is 0 Å². The number of aryl methyl sites for hydroxylation is 3. The van der Waals surface area contributed by atoms with Crippen LogP contribution in [0.3, 0.4) is 0 Å². The summed E-state index contributed by atoms with van der Waals surface area (Å²) in [5, 5.41) is 12.4. The Labute approximate surface area is 185 Å². The molecule has 6 nitrogen and oxygen atoms in total. The molecule has 1 amide bonds. The molecule has 2 aromatic carbocycles. The highest BCUT2D eigenvalue weighted by Gasteiger charge is 2.18. The summed E-state index contributed by atoms with van der Waals surface area (Å²) >= 11 is 1.36. The summed E-state index contributed by atoms with van der Waals surface area (Å²) in [6.07, 6.45) is 1.61. The summed E-state index contributed by atoms with van der Waals surface area (Å²) in [7, 11) is 0. The fraction of sp³-hybridized carbons (Fsp3) is 0.208. The minimum atomic E-state index is -0.0751. The minimum absolute atomic E-state index is 0.0751. The predicted molar refractivity (Wildman–Crippen MR) is 123 cm³/mol. The first-order valence-electron chi connectivity index (χ1n) is 10.0. The number of carbonyl (C=O) groups is 1. The zero-order valence-corrected chi connectivity index (χ0v) is 18.6. The third kappa shape index (κ3) is 4.88. The van der Waals surface area contributed by atoms with E-state index in [9.17, 15) is 4.79 Å². The fourth-order valence-corrected chi connectivity index (χ4v) is 4.31. The molecule has 0 unspecified atom stereocenters. The van der Waals surface area contributed by atoms with Crippen molar-refractivity contribution in [2.45, 2.75) is 32.5 Å². The van der Waals surface area contributed by atoms with Crippen molar-refractivity contribution >= 4 is 23.4 Å². The van der Waals surface area contributed by atoms with Gasteiger partial charge in [-0.15, -0.1) is 10.2 Å². The molecule has 0 aliphatic carbocycles. The molecule has 0 aliphatic rings. The minimum Gasteiger partial charge on any atom is -0.461 e. The van der Waals surface area contributed by atoms with Gasteiger partial charge in [0.15, 0.2) is 10.9 Å². The Morgan fingerprint density at radius 2 is 1.77 bits per heavy atom. The second-order valence-corrected chi connectivity index (χ2v) is 8.41. The van der Waals surface area contributed by atoms with Crippen molar-refractivity contribution < 1.29 is 9.21 Å². The first kappa shape index (κ1) is 20.9. The van der Waals surface area contributed by atoms with Crippen molar-refractivity contribution in [2.24, 2.45) is 0 Å². The second kappa shape index (κ2) is 9.22. The molecule has 158 valence electrons. The number of anilines is 1. The average Bonchev–Trinajstić information content (AvgIpc) is 3.40. The van der Waals surface area contributed by atoms with E-state index in [-0.39, 0.29) is 11.7 Å². The molecule has 4 rings (SSSR count). The monoisotopic (exact) mass is 432 g/mol. The Morgan fingerprint density at radius 1 is 1.03 bits per heavy atom. The third-order valence-corrected chi connectivity index (χ3v) is 5.88. The number of carbonyl (C=O) groups excluding carboxylic acids is 1. The van der Waals surface area contributed by atoms with Crippen molar-refractivity contribution in [3.8, 4) is 11.6 Å². The van der Waals surface area contributed by atoms with Crippen LogP contribution >= 0.6 is 11.8 Å². The van der Waals surface area contributed by atoms with Crippen molar-refractivity contribution in [3.05, 3.63) is 83.1 Å². The molecule has 31 heavy (non-hydrogen) atoms.